The number of alkyl halides is 3. The van der Waals surface area contributed by atoms with Gasteiger partial charge in [0.2, 0.25) is 11.8 Å². The number of ether oxygens (including phenoxy) is 2. The van der Waals surface area contributed by atoms with Gasteiger partial charge in [0.05, 0.1) is 19.2 Å². The van der Waals surface area contributed by atoms with Gasteiger partial charge in [-0.1, -0.05) is 12.2 Å². The standard InChI is InChI=1S/C32H35F3N6O5S/c1-17-23(45-3)10-9-20-24(13-21(37-26(17)20)27-38-25(16-47-27)32(33,34)35)46-19-12-22-28(42)40(2)11-7-5-4-6-8-18-14-31(18,29(36)43)39-30(44)41(22)15-19/h6,8-10,13,16,18-19,22H,4-5,7,11-12,14-15H2,1-3H3,(H2,36,43)(H,39,44)/t18-,19+,22+,31-/m1/s1. The highest BCUT2D eigenvalue weighted by molar-refractivity contribution is 7.13. The Morgan fingerprint density at radius 1 is 1.19 bits per heavy atom. The fourth-order valence-corrected chi connectivity index (χ4v) is 7.14. The lowest BCUT2D eigenvalue weighted by Crippen LogP contribution is -2.56. The lowest BCUT2D eigenvalue weighted by atomic mass is 10.1. The highest BCUT2D eigenvalue weighted by atomic mass is 32.1. The molecule has 11 nitrogen and oxygen atoms in total. The summed E-state index contributed by atoms with van der Waals surface area (Å²) in [6.07, 6.45) is 1.51. The number of primary amides is 1. The summed E-state index contributed by atoms with van der Waals surface area (Å²) in [7, 11) is 3.20. The molecule has 1 saturated heterocycles. The largest absolute Gasteiger partial charge is 0.496 e. The van der Waals surface area contributed by atoms with E-state index in [4.69, 9.17) is 15.2 Å². The third-order valence-corrected chi connectivity index (χ3v) is 9.99. The Morgan fingerprint density at radius 2 is 1.98 bits per heavy atom. The van der Waals surface area contributed by atoms with E-state index in [1.807, 2.05) is 12.2 Å². The molecule has 0 spiro atoms. The number of halogens is 3. The van der Waals surface area contributed by atoms with E-state index in [-0.39, 0.29) is 35.5 Å². The summed E-state index contributed by atoms with van der Waals surface area (Å²) in [6, 6.07) is 3.53. The number of allylic oxidation sites excluding steroid dienone is 1. The van der Waals surface area contributed by atoms with Crippen LogP contribution < -0.4 is 20.5 Å². The molecule has 47 heavy (non-hydrogen) atoms. The Balaban J connectivity index is 1.35. The van der Waals surface area contributed by atoms with Crippen LogP contribution >= 0.6 is 11.3 Å². The molecule has 1 aliphatic carbocycles. The Hall–Kier alpha value is -4.40. The second kappa shape index (κ2) is 12.3. The molecule has 0 bridgehead atoms. The monoisotopic (exact) mass is 672 g/mol. The van der Waals surface area contributed by atoms with Crippen LogP contribution in [-0.2, 0) is 15.8 Å². The number of aryl methyl sites for hydroxylation is 1. The van der Waals surface area contributed by atoms with Crippen LogP contribution in [-0.4, -0.2) is 82.5 Å². The molecule has 0 unspecified atom stereocenters. The summed E-state index contributed by atoms with van der Waals surface area (Å²) in [5.41, 5.74) is 4.76. The van der Waals surface area contributed by atoms with Crippen molar-refractivity contribution in [3.63, 3.8) is 0 Å². The number of benzene rings is 1. The number of fused-ring (bicyclic) bond motifs is 3. The van der Waals surface area contributed by atoms with Gasteiger partial charge in [-0.2, -0.15) is 13.2 Å². The van der Waals surface area contributed by atoms with Crippen molar-refractivity contribution in [3.8, 4) is 22.2 Å². The minimum atomic E-state index is -4.62. The van der Waals surface area contributed by atoms with Crippen molar-refractivity contribution in [2.75, 3.05) is 27.2 Å². The van der Waals surface area contributed by atoms with Gasteiger partial charge >= 0.3 is 12.2 Å². The maximum atomic E-state index is 13.7. The number of urea groups is 1. The topological polar surface area (TPSA) is 140 Å². The van der Waals surface area contributed by atoms with Crippen molar-refractivity contribution in [2.24, 2.45) is 11.7 Å². The van der Waals surface area contributed by atoms with Crippen molar-refractivity contribution in [2.45, 2.75) is 62.9 Å². The number of pyridine rings is 1. The van der Waals surface area contributed by atoms with Crippen molar-refractivity contribution < 1.29 is 37.0 Å². The first-order valence-electron chi connectivity index (χ1n) is 15.3. The third-order valence-electron chi connectivity index (χ3n) is 9.13. The van der Waals surface area contributed by atoms with E-state index in [1.54, 1.807) is 31.0 Å². The second-order valence-corrected chi connectivity index (χ2v) is 13.1. The number of methoxy groups -OCH3 is 1. The zero-order valence-electron chi connectivity index (χ0n) is 26.1. The van der Waals surface area contributed by atoms with Crippen molar-refractivity contribution in [1.82, 2.24) is 25.1 Å². The fraction of sp³-hybridized carbons (Fsp3) is 0.469. The van der Waals surface area contributed by atoms with Gasteiger partial charge < -0.3 is 30.3 Å². The van der Waals surface area contributed by atoms with E-state index in [1.165, 1.54) is 18.1 Å². The smallest absolute Gasteiger partial charge is 0.434 e. The van der Waals surface area contributed by atoms with E-state index in [0.717, 1.165) is 36.0 Å². The number of rotatable bonds is 5. The highest BCUT2D eigenvalue weighted by Crippen LogP contribution is 2.45. The van der Waals surface area contributed by atoms with Crippen molar-refractivity contribution >= 4 is 40.1 Å². The van der Waals surface area contributed by atoms with Crippen LogP contribution in [0.4, 0.5) is 18.0 Å². The first-order chi connectivity index (χ1) is 22.3. The average molecular weight is 673 g/mol. The van der Waals surface area contributed by atoms with Crippen LogP contribution in [0, 0.1) is 12.8 Å². The summed E-state index contributed by atoms with van der Waals surface area (Å²) >= 11 is 0.809. The van der Waals surface area contributed by atoms with Gasteiger partial charge in [-0.3, -0.25) is 9.59 Å². The van der Waals surface area contributed by atoms with E-state index >= 15 is 0 Å². The molecule has 6 rings (SSSR count). The van der Waals surface area contributed by atoms with Crippen molar-refractivity contribution in [3.05, 3.63) is 47.0 Å². The van der Waals surface area contributed by atoms with Crippen LogP contribution in [0.25, 0.3) is 21.6 Å². The summed E-state index contributed by atoms with van der Waals surface area (Å²) in [6.45, 7) is 2.30. The van der Waals surface area contributed by atoms with Crippen molar-refractivity contribution in [1.29, 1.82) is 0 Å². The Bertz CT molecular complexity index is 1760. The molecule has 3 aliphatic rings. The predicted molar refractivity (Wildman–Crippen MR) is 168 cm³/mol. The minimum Gasteiger partial charge on any atom is -0.496 e. The number of thiazole rings is 1. The molecule has 0 radical (unpaired) electrons. The molecule has 3 N–H and O–H groups in total. The minimum absolute atomic E-state index is 0.00912. The molecule has 2 aromatic heterocycles. The van der Waals surface area contributed by atoms with E-state index in [9.17, 15) is 27.6 Å². The molecule has 4 amide bonds. The third kappa shape index (κ3) is 6.20. The molecule has 4 heterocycles. The first-order valence-corrected chi connectivity index (χ1v) is 16.2. The number of carbonyl (C=O) groups excluding carboxylic acids is 3. The quantitative estimate of drug-likeness (QED) is 0.376. The number of nitrogens with two attached hydrogens (primary N) is 1. The molecule has 250 valence electrons. The Labute approximate surface area is 272 Å². The number of aromatic nitrogens is 2. The number of nitrogens with zero attached hydrogens (tertiary/aromatic N) is 4. The first kappa shape index (κ1) is 32.5. The number of carbonyl (C=O) groups is 3. The van der Waals surface area contributed by atoms with E-state index in [0.29, 0.717) is 40.9 Å². The van der Waals surface area contributed by atoms with Crippen LogP contribution in [0.5, 0.6) is 11.5 Å². The number of hydrogen-bond acceptors (Lipinski definition) is 8. The highest BCUT2D eigenvalue weighted by Gasteiger charge is 2.60. The van der Waals surface area contributed by atoms with Gasteiger partial charge in [0.25, 0.3) is 0 Å². The Kier molecular flexibility index (Phi) is 8.53. The zero-order chi connectivity index (χ0) is 33.7. The van der Waals surface area contributed by atoms with Crippen LogP contribution in [0.1, 0.15) is 43.4 Å². The second-order valence-electron chi connectivity index (χ2n) is 12.2. The lowest BCUT2D eigenvalue weighted by Gasteiger charge is -2.29. The van der Waals surface area contributed by atoms with Crippen LogP contribution in [0.3, 0.4) is 0 Å². The molecule has 3 aromatic rings. The molecule has 2 aliphatic heterocycles. The molecule has 2 fully saturated rings. The Morgan fingerprint density at radius 3 is 2.68 bits per heavy atom. The van der Waals surface area contributed by atoms with Crippen LogP contribution in [0.2, 0.25) is 0 Å². The van der Waals surface area contributed by atoms with E-state index in [2.05, 4.69) is 15.3 Å². The number of amides is 4. The number of nitrogens with one attached hydrogen (secondary N) is 1. The summed E-state index contributed by atoms with van der Waals surface area (Å²) < 4.78 is 52.1. The van der Waals surface area contributed by atoms with Gasteiger partial charge in [0.1, 0.15) is 39.9 Å². The number of likely N-dealkylation sites (N-methyl/N-ethyl adjacent to an activating group) is 1. The molecular formula is C32H35F3N6O5S. The summed E-state index contributed by atoms with van der Waals surface area (Å²) in [5, 5.41) is 4.37. The summed E-state index contributed by atoms with van der Waals surface area (Å²) in [5.74, 6) is -0.303. The maximum Gasteiger partial charge on any atom is 0.434 e. The van der Waals surface area contributed by atoms with Gasteiger partial charge in [-0.05, 0) is 44.7 Å². The lowest BCUT2D eigenvalue weighted by molar-refractivity contribution is -0.140. The molecular weight excluding hydrogens is 637 g/mol. The molecule has 4 atom stereocenters. The maximum absolute atomic E-state index is 13.7. The summed E-state index contributed by atoms with van der Waals surface area (Å²) in [4.78, 5) is 51.4. The molecule has 1 saturated carbocycles. The van der Waals surface area contributed by atoms with Gasteiger partial charge in [0, 0.05) is 48.3 Å². The van der Waals surface area contributed by atoms with Gasteiger partial charge in [-0.15, -0.1) is 11.3 Å². The number of hydrogen-bond donors (Lipinski definition) is 2. The average Bonchev–Trinajstić information content (AvgIpc) is 3.33. The fourth-order valence-electron chi connectivity index (χ4n) is 6.36. The van der Waals surface area contributed by atoms with Crippen LogP contribution in [0.15, 0.2) is 35.7 Å². The SMILES string of the molecule is COc1ccc2c(O[C@H]3C[C@H]4C(=O)N(C)CCCCC=C[C@@H]5C[C@@]5(C(N)=O)NC(=O)N4C3)cc(-c3nc(C(F)(F)F)cs3)nc2c1C. The molecule has 15 heteroatoms. The zero-order valence-corrected chi connectivity index (χ0v) is 26.9. The molecule has 1 aromatic carbocycles. The van der Waals surface area contributed by atoms with Gasteiger partial charge in [-0.25, -0.2) is 14.8 Å². The van der Waals surface area contributed by atoms with E-state index < -0.39 is 41.5 Å². The predicted octanol–water partition coefficient (Wildman–Crippen LogP) is 4.67. The normalized spacial score (nSPS) is 25.2. The van der Waals surface area contributed by atoms with Gasteiger partial charge in [0.15, 0.2) is 5.69 Å².